The number of hydrogen-bond acceptors (Lipinski definition) is 4. The lowest BCUT2D eigenvalue weighted by atomic mass is 10.2. The minimum absolute atomic E-state index is 0.588. The molecular weight excluding hydrogens is 372 g/mol. The molecule has 4 aromatic rings. The van der Waals surface area contributed by atoms with E-state index in [1.54, 1.807) is 0 Å². The summed E-state index contributed by atoms with van der Waals surface area (Å²) in [6, 6.07) is 35.0. The summed E-state index contributed by atoms with van der Waals surface area (Å²) in [5, 5.41) is 0. The fourth-order valence-corrected chi connectivity index (χ4v) is 2.61. The molecule has 0 aliphatic rings. The van der Waals surface area contributed by atoms with Gasteiger partial charge < -0.3 is 20.9 Å². The third-order valence-corrected chi connectivity index (χ3v) is 4.26. The summed E-state index contributed by atoms with van der Waals surface area (Å²) in [5.74, 6) is 1.68. The van der Waals surface area contributed by atoms with Crippen LogP contribution >= 0.6 is 0 Å². The monoisotopic (exact) mass is 398 g/mol. The Hall–Kier alpha value is -3.92. The summed E-state index contributed by atoms with van der Waals surface area (Å²) in [6.07, 6.45) is 0. The van der Waals surface area contributed by atoms with Crippen molar-refractivity contribution in [2.45, 2.75) is 13.2 Å². The van der Waals surface area contributed by atoms with E-state index in [0.29, 0.717) is 13.2 Å². The maximum Gasteiger partial charge on any atom is 0.119 e. The van der Waals surface area contributed by atoms with Crippen LogP contribution < -0.4 is 20.9 Å². The van der Waals surface area contributed by atoms with Gasteiger partial charge in [0.1, 0.15) is 24.7 Å². The summed E-state index contributed by atoms with van der Waals surface area (Å²) < 4.78 is 11.2. The van der Waals surface area contributed by atoms with Crippen LogP contribution in [0, 0.1) is 0 Å². The molecule has 0 saturated carbocycles. The summed E-state index contributed by atoms with van der Waals surface area (Å²) in [4.78, 5) is 0. The topological polar surface area (TPSA) is 70.5 Å². The van der Waals surface area contributed by atoms with E-state index in [1.165, 1.54) is 0 Å². The standard InChI is InChI=1S/2C13H13NO/c2*14-12-6-8-13(9-7-12)15-10-11-4-2-1-3-5-11/h2*1-9H,10,14H2. The molecule has 0 amide bonds. The number of nitrogens with two attached hydrogens (primary N) is 2. The first-order valence-electron chi connectivity index (χ1n) is 9.73. The molecule has 0 aliphatic carbocycles. The Morgan fingerprint density at radius 3 is 1.10 bits per heavy atom. The quantitative estimate of drug-likeness (QED) is 0.409. The molecule has 0 aromatic heterocycles. The first kappa shape index (κ1) is 20.8. The van der Waals surface area contributed by atoms with Gasteiger partial charge in [-0.05, 0) is 59.7 Å². The van der Waals surface area contributed by atoms with Crippen molar-refractivity contribution in [3.8, 4) is 11.5 Å². The first-order chi connectivity index (χ1) is 14.7. The van der Waals surface area contributed by atoms with Gasteiger partial charge in [0.25, 0.3) is 0 Å². The normalized spacial score (nSPS) is 9.87. The summed E-state index contributed by atoms with van der Waals surface area (Å²) >= 11 is 0. The van der Waals surface area contributed by atoms with Gasteiger partial charge in [0.05, 0.1) is 0 Å². The van der Waals surface area contributed by atoms with Crippen molar-refractivity contribution >= 4 is 11.4 Å². The second kappa shape index (κ2) is 11.2. The molecule has 4 rings (SSSR count). The summed E-state index contributed by atoms with van der Waals surface area (Å²) in [6.45, 7) is 1.18. The second-order valence-electron chi connectivity index (χ2n) is 6.69. The molecule has 0 aliphatic heterocycles. The van der Waals surface area contributed by atoms with Crippen molar-refractivity contribution in [1.82, 2.24) is 0 Å². The van der Waals surface area contributed by atoms with Crippen molar-refractivity contribution in [1.29, 1.82) is 0 Å². The minimum Gasteiger partial charge on any atom is -0.489 e. The maximum absolute atomic E-state index is 5.59. The highest BCUT2D eigenvalue weighted by Gasteiger charge is 1.95. The Morgan fingerprint density at radius 1 is 0.433 bits per heavy atom. The van der Waals surface area contributed by atoms with E-state index in [9.17, 15) is 0 Å². The van der Waals surface area contributed by atoms with E-state index in [4.69, 9.17) is 20.9 Å². The van der Waals surface area contributed by atoms with Crippen LogP contribution in [0.4, 0.5) is 11.4 Å². The third kappa shape index (κ3) is 7.24. The highest BCUT2D eigenvalue weighted by Crippen LogP contribution is 2.15. The van der Waals surface area contributed by atoms with Gasteiger partial charge in [-0.3, -0.25) is 0 Å². The van der Waals surface area contributed by atoms with Gasteiger partial charge in [0, 0.05) is 11.4 Å². The molecule has 0 unspecified atom stereocenters. The van der Waals surface area contributed by atoms with Gasteiger partial charge in [-0.1, -0.05) is 60.7 Å². The summed E-state index contributed by atoms with van der Waals surface area (Å²) in [5.41, 5.74) is 15.0. The molecule has 0 radical (unpaired) electrons. The average molecular weight is 399 g/mol. The molecule has 0 heterocycles. The largest absolute Gasteiger partial charge is 0.489 e. The molecule has 0 fully saturated rings. The minimum atomic E-state index is 0.588. The number of nitrogen functional groups attached to an aromatic ring is 2. The van der Waals surface area contributed by atoms with Crippen LogP contribution in [-0.2, 0) is 13.2 Å². The van der Waals surface area contributed by atoms with Crippen LogP contribution in [0.3, 0.4) is 0 Å². The van der Waals surface area contributed by atoms with E-state index in [0.717, 1.165) is 34.0 Å². The smallest absolute Gasteiger partial charge is 0.119 e. The van der Waals surface area contributed by atoms with Crippen LogP contribution in [0.2, 0.25) is 0 Å². The van der Waals surface area contributed by atoms with Gasteiger partial charge >= 0.3 is 0 Å². The zero-order chi connectivity index (χ0) is 21.0. The number of anilines is 2. The molecule has 4 aromatic carbocycles. The van der Waals surface area contributed by atoms with Crippen molar-refractivity contribution in [2.75, 3.05) is 11.5 Å². The van der Waals surface area contributed by atoms with E-state index < -0.39 is 0 Å². The van der Waals surface area contributed by atoms with Crippen molar-refractivity contribution < 1.29 is 9.47 Å². The molecule has 152 valence electrons. The molecule has 4 heteroatoms. The van der Waals surface area contributed by atoms with Crippen LogP contribution in [-0.4, -0.2) is 0 Å². The average Bonchev–Trinajstić information content (AvgIpc) is 2.80. The van der Waals surface area contributed by atoms with Crippen LogP contribution in [0.1, 0.15) is 11.1 Å². The zero-order valence-electron chi connectivity index (χ0n) is 16.8. The Kier molecular flexibility index (Phi) is 7.75. The first-order valence-corrected chi connectivity index (χ1v) is 9.73. The van der Waals surface area contributed by atoms with Gasteiger partial charge in [0.15, 0.2) is 0 Å². The SMILES string of the molecule is Nc1ccc(OCc2ccccc2)cc1.Nc1ccc(OCc2ccccc2)cc1. The molecule has 4 nitrogen and oxygen atoms in total. The van der Waals surface area contributed by atoms with Gasteiger partial charge in [0.2, 0.25) is 0 Å². The predicted octanol–water partition coefficient (Wildman–Crippen LogP) is 5.70. The number of ether oxygens (including phenoxy) is 2. The molecule has 4 N–H and O–H groups in total. The van der Waals surface area contributed by atoms with Gasteiger partial charge in [-0.15, -0.1) is 0 Å². The predicted molar refractivity (Wildman–Crippen MR) is 123 cm³/mol. The van der Waals surface area contributed by atoms with Crippen LogP contribution in [0.25, 0.3) is 0 Å². The van der Waals surface area contributed by atoms with Gasteiger partial charge in [-0.25, -0.2) is 0 Å². The lowest BCUT2D eigenvalue weighted by Crippen LogP contribution is -1.95. The second-order valence-corrected chi connectivity index (χ2v) is 6.69. The fourth-order valence-electron chi connectivity index (χ4n) is 2.61. The lowest BCUT2D eigenvalue weighted by molar-refractivity contribution is 0.306. The highest BCUT2D eigenvalue weighted by atomic mass is 16.5. The molecule has 30 heavy (non-hydrogen) atoms. The molecular formula is C26H26N2O2. The van der Waals surface area contributed by atoms with E-state index in [1.807, 2.05) is 109 Å². The molecule has 0 saturated heterocycles. The van der Waals surface area contributed by atoms with E-state index in [2.05, 4.69) is 0 Å². The van der Waals surface area contributed by atoms with Crippen LogP contribution in [0.5, 0.6) is 11.5 Å². The highest BCUT2D eigenvalue weighted by molar-refractivity contribution is 5.42. The lowest BCUT2D eigenvalue weighted by Gasteiger charge is -2.05. The Balaban J connectivity index is 0.000000171. The van der Waals surface area contributed by atoms with Gasteiger partial charge in [-0.2, -0.15) is 0 Å². The Labute approximate surface area is 177 Å². The summed E-state index contributed by atoms with van der Waals surface area (Å²) in [7, 11) is 0. The van der Waals surface area contributed by atoms with Crippen molar-refractivity contribution in [3.63, 3.8) is 0 Å². The maximum atomic E-state index is 5.59. The Morgan fingerprint density at radius 2 is 0.767 bits per heavy atom. The number of benzene rings is 4. The molecule has 0 atom stereocenters. The zero-order valence-corrected chi connectivity index (χ0v) is 16.8. The fraction of sp³-hybridized carbons (Fsp3) is 0.0769. The van der Waals surface area contributed by atoms with Crippen molar-refractivity contribution in [2.24, 2.45) is 0 Å². The van der Waals surface area contributed by atoms with E-state index >= 15 is 0 Å². The third-order valence-electron chi connectivity index (χ3n) is 4.26. The number of hydrogen-bond donors (Lipinski definition) is 2. The number of rotatable bonds is 6. The van der Waals surface area contributed by atoms with Crippen LogP contribution in [0.15, 0.2) is 109 Å². The Bertz CT molecular complexity index is 902. The van der Waals surface area contributed by atoms with E-state index in [-0.39, 0.29) is 0 Å². The van der Waals surface area contributed by atoms with Crippen molar-refractivity contribution in [3.05, 3.63) is 120 Å². The molecule has 0 spiro atoms. The molecule has 0 bridgehead atoms.